The van der Waals surface area contributed by atoms with E-state index in [0.29, 0.717) is 16.6 Å². The lowest BCUT2D eigenvalue weighted by Gasteiger charge is -2.08. The number of nitrogens with one attached hydrogen (secondary N) is 1. The van der Waals surface area contributed by atoms with Crippen LogP contribution in [0.25, 0.3) is 0 Å². The van der Waals surface area contributed by atoms with Gasteiger partial charge in [-0.05, 0) is 34.5 Å². The SMILES string of the molecule is CCC(C#N)NC(=O)c1ncccc1Br. The fraction of sp³-hybridized carbons (Fsp3) is 0.300. The average molecular weight is 268 g/mol. The Morgan fingerprint density at radius 1 is 1.80 bits per heavy atom. The molecule has 78 valence electrons. The van der Waals surface area contributed by atoms with Crippen LogP contribution in [0.5, 0.6) is 0 Å². The van der Waals surface area contributed by atoms with Gasteiger partial charge in [-0.3, -0.25) is 4.79 Å². The first-order valence-electron chi connectivity index (χ1n) is 4.50. The smallest absolute Gasteiger partial charge is 0.272 e. The molecule has 1 heterocycles. The van der Waals surface area contributed by atoms with E-state index in [4.69, 9.17) is 5.26 Å². The van der Waals surface area contributed by atoms with E-state index < -0.39 is 6.04 Å². The highest BCUT2D eigenvalue weighted by Crippen LogP contribution is 2.13. The summed E-state index contributed by atoms with van der Waals surface area (Å²) in [5.41, 5.74) is 0.297. The number of aromatic nitrogens is 1. The number of rotatable bonds is 3. The molecular formula is C10H10BrN3O. The molecule has 1 aromatic rings. The summed E-state index contributed by atoms with van der Waals surface area (Å²) in [6.45, 7) is 1.83. The molecule has 0 spiro atoms. The van der Waals surface area contributed by atoms with Crippen LogP contribution in [-0.2, 0) is 0 Å². The van der Waals surface area contributed by atoms with Gasteiger partial charge in [-0.2, -0.15) is 5.26 Å². The van der Waals surface area contributed by atoms with E-state index in [1.165, 1.54) is 6.20 Å². The van der Waals surface area contributed by atoms with Gasteiger partial charge in [-0.1, -0.05) is 6.92 Å². The highest BCUT2D eigenvalue weighted by Gasteiger charge is 2.14. The third-order valence-corrected chi connectivity index (χ3v) is 2.48. The minimum atomic E-state index is -0.466. The van der Waals surface area contributed by atoms with E-state index in [9.17, 15) is 4.79 Å². The lowest BCUT2D eigenvalue weighted by atomic mass is 10.2. The van der Waals surface area contributed by atoms with Gasteiger partial charge >= 0.3 is 0 Å². The van der Waals surface area contributed by atoms with Crippen LogP contribution in [0.4, 0.5) is 0 Å². The number of nitrogens with zero attached hydrogens (tertiary/aromatic N) is 2. The number of amides is 1. The Labute approximate surface area is 96.4 Å². The zero-order valence-corrected chi connectivity index (χ0v) is 9.78. The topological polar surface area (TPSA) is 65.8 Å². The zero-order chi connectivity index (χ0) is 11.3. The van der Waals surface area contributed by atoms with Crippen molar-refractivity contribution in [1.29, 1.82) is 5.26 Å². The molecule has 1 N–H and O–H groups in total. The summed E-state index contributed by atoms with van der Waals surface area (Å²) in [6, 6.07) is 4.99. The maximum absolute atomic E-state index is 11.6. The van der Waals surface area contributed by atoms with Gasteiger partial charge in [0.1, 0.15) is 11.7 Å². The highest BCUT2D eigenvalue weighted by atomic mass is 79.9. The van der Waals surface area contributed by atoms with Crippen molar-refractivity contribution in [1.82, 2.24) is 10.3 Å². The number of carbonyl (C=O) groups is 1. The number of halogens is 1. The van der Waals surface area contributed by atoms with Crippen LogP contribution in [0.1, 0.15) is 23.8 Å². The van der Waals surface area contributed by atoms with E-state index in [-0.39, 0.29) is 5.91 Å². The first kappa shape index (κ1) is 11.7. The second-order valence-electron chi connectivity index (χ2n) is 2.90. The maximum atomic E-state index is 11.6. The monoisotopic (exact) mass is 267 g/mol. The van der Waals surface area contributed by atoms with Crippen LogP contribution >= 0.6 is 15.9 Å². The van der Waals surface area contributed by atoms with Gasteiger partial charge in [0.25, 0.3) is 5.91 Å². The third-order valence-electron chi connectivity index (χ3n) is 1.84. The van der Waals surface area contributed by atoms with Gasteiger partial charge < -0.3 is 5.32 Å². The van der Waals surface area contributed by atoms with Crippen LogP contribution in [0.15, 0.2) is 22.8 Å². The summed E-state index contributed by atoms with van der Waals surface area (Å²) in [7, 11) is 0. The molecule has 0 aliphatic heterocycles. The summed E-state index contributed by atoms with van der Waals surface area (Å²) < 4.78 is 0.621. The van der Waals surface area contributed by atoms with Crippen LogP contribution in [-0.4, -0.2) is 16.9 Å². The maximum Gasteiger partial charge on any atom is 0.272 e. The van der Waals surface area contributed by atoms with Crippen molar-refractivity contribution in [3.8, 4) is 6.07 Å². The van der Waals surface area contributed by atoms with Crippen molar-refractivity contribution in [2.24, 2.45) is 0 Å². The number of nitriles is 1. The fourth-order valence-corrected chi connectivity index (χ4v) is 1.44. The molecule has 0 saturated heterocycles. The lowest BCUT2D eigenvalue weighted by molar-refractivity contribution is 0.0939. The van der Waals surface area contributed by atoms with Gasteiger partial charge in [-0.15, -0.1) is 0 Å². The summed E-state index contributed by atoms with van der Waals surface area (Å²) in [5, 5.41) is 11.3. The Balaban J connectivity index is 2.79. The van der Waals surface area contributed by atoms with Crippen molar-refractivity contribution in [2.75, 3.05) is 0 Å². The molecule has 0 aliphatic carbocycles. The predicted octanol–water partition coefficient (Wildman–Crippen LogP) is 1.88. The van der Waals surface area contributed by atoms with Crippen LogP contribution in [0, 0.1) is 11.3 Å². The summed E-state index contributed by atoms with van der Waals surface area (Å²) in [5.74, 6) is -0.337. The minimum Gasteiger partial charge on any atom is -0.335 e. The van der Waals surface area contributed by atoms with Crippen LogP contribution in [0.3, 0.4) is 0 Å². The van der Waals surface area contributed by atoms with Crippen molar-refractivity contribution in [3.05, 3.63) is 28.5 Å². The van der Waals surface area contributed by atoms with E-state index in [0.717, 1.165) is 0 Å². The highest BCUT2D eigenvalue weighted by molar-refractivity contribution is 9.10. The number of hydrogen-bond acceptors (Lipinski definition) is 3. The molecule has 1 atom stereocenters. The Morgan fingerprint density at radius 3 is 3.07 bits per heavy atom. The molecule has 0 bridgehead atoms. The van der Waals surface area contributed by atoms with Crippen molar-refractivity contribution >= 4 is 21.8 Å². The van der Waals surface area contributed by atoms with Crippen molar-refractivity contribution in [2.45, 2.75) is 19.4 Å². The normalized spacial score (nSPS) is 11.5. The Kier molecular flexibility index (Phi) is 4.25. The van der Waals surface area contributed by atoms with Gasteiger partial charge in [0, 0.05) is 10.7 Å². The molecule has 4 nitrogen and oxygen atoms in total. The molecule has 0 radical (unpaired) electrons. The van der Waals surface area contributed by atoms with Gasteiger partial charge in [0.05, 0.1) is 6.07 Å². The largest absolute Gasteiger partial charge is 0.335 e. The summed E-state index contributed by atoms with van der Waals surface area (Å²) in [6.07, 6.45) is 2.11. The van der Waals surface area contributed by atoms with Crippen molar-refractivity contribution < 1.29 is 4.79 Å². The second kappa shape index (κ2) is 5.47. The molecule has 1 amide bonds. The Hall–Kier alpha value is -1.41. The molecular weight excluding hydrogens is 258 g/mol. The predicted molar refractivity (Wildman–Crippen MR) is 59.1 cm³/mol. The molecule has 0 fully saturated rings. The van der Waals surface area contributed by atoms with E-state index in [1.54, 1.807) is 12.1 Å². The number of hydrogen-bond donors (Lipinski definition) is 1. The number of carbonyl (C=O) groups excluding carboxylic acids is 1. The molecule has 0 saturated carbocycles. The van der Waals surface area contributed by atoms with Crippen molar-refractivity contribution in [3.63, 3.8) is 0 Å². The lowest BCUT2D eigenvalue weighted by Crippen LogP contribution is -2.33. The molecule has 1 aromatic heterocycles. The van der Waals surface area contributed by atoms with E-state index in [1.807, 2.05) is 13.0 Å². The Morgan fingerprint density at radius 2 is 2.53 bits per heavy atom. The molecule has 15 heavy (non-hydrogen) atoms. The molecule has 1 unspecified atom stereocenters. The molecule has 0 aromatic carbocycles. The van der Waals surface area contributed by atoms with Gasteiger partial charge in [0.15, 0.2) is 0 Å². The molecule has 0 aliphatic rings. The van der Waals surface area contributed by atoms with E-state index >= 15 is 0 Å². The van der Waals surface area contributed by atoms with Gasteiger partial charge in [0.2, 0.25) is 0 Å². The fourth-order valence-electron chi connectivity index (χ4n) is 1.00. The van der Waals surface area contributed by atoms with E-state index in [2.05, 4.69) is 26.2 Å². The molecule has 5 heteroatoms. The standard InChI is InChI=1S/C10H10BrN3O/c1-2-7(6-12)14-10(15)9-8(11)4-3-5-13-9/h3-5,7H,2H2,1H3,(H,14,15). The summed E-state index contributed by atoms with van der Waals surface area (Å²) in [4.78, 5) is 15.6. The van der Waals surface area contributed by atoms with Gasteiger partial charge in [-0.25, -0.2) is 4.98 Å². The Bertz CT molecular complexity index is 400. The molecule has 1 rings (SSSR count). The first-order valence-corrected chi connectivity index (χ1v) is 5.29. The number of pyridine rings is 1. The van der Waals surface area contributed by atoms with Crippen LogP contribution < -0.4 is 5.32 Å². The second-order valence-corrected chi connectivity index (χ2v) is 3.75. The average Bonchev–Trinajstić information content (AvgIpc) is 2.26. The summed E-state index contributed by atoms with van der Waals surface area (Å²) >= 11 is 3.22. The quantitative estimate of drug-likeness (QED) is 0.910. The minimum absolute atomic E-state index is 0.297. The first-order chi connectivity index (χ1) is 7.19. The van der Waals surface area contributed by atoms with Crippen LogP contribution in [0.2, 0.25) is 0 Å². The third kappa shape index (κ3) is 3.03. The zero-order valence-electron chi connectivity index (χ0n) is 8.20.